The fraction of sp³-hybridized carbons (Fsp3) is 0.375. The Labute approximate surface area is 155 Å². The zero-order chi connectivity index (χ0) is 18.5. The summed E-state index contributed by atoms with van der Waals surface area (Å²) in [4.78, 5) is 4.13. The van der Waals surface area contributed by atoms with E-state index in [1.807, 2.05) is 6.20 Å². The minimum Gasteiger partial charge on any atom is -0.396 e. The van der Waals surface area contributed by atoms with Crippen molar-refractivity contribution in [2.45, 2.75) is 10.9 Å². The first-order valence-corrected chi connectivity index (χ1v) is 9.95. The minimum atomic E-state index is -3.87. The second kappa shape index (κ2) is 6.34. The number of rotatable bonds is 4. The molecule has 1 N–H and O–H groups in total. The maximum absolute atomic E-state index is 13.3. The topological polar surface area (TPSA) is 92.7 Å². The SMILES string of the molecule is Cn1cc([C@@H]2CN(S(=O)(=O)c3c(Cl)nc4ccccn34)C[C@H]2CO)cn1. The van der Waals surface area contributed by atoms with Gasteiger partial charge in [-0.1, -0.05) is 17.7 Å². The molecule has 10 heteroatoms. The molecule has 3 aromatic heterocycles. The van der Waals surface area contributed by atoms with Gasteiger partial charge in [-0.15, -0.1) is 0 Å². The lowest BCUT2D eigenvalue weighted by Crippen LogP contribution is -2.30. The fourth-order valence-corrected chi connectivity index (χ4v) is 5.64. The van der Waals surface area contributed by atoms with Gasteiger partial charge in [-0.25, -0.2) is 13.4 Å². The first-order chi connectivity index (χ1) is 12.4. The van der Waals surface area contributed by atoms with Gasteiger partial charge in [0.15, 0.2) is 10.2 Å². The van der Waals surface area contributed by atoms with Crippen molar-refractivity contribution in [2.24, 2.45) is 13.0 Å². The molecule has 3 aromatic rings. The van der Waals surface area contributed by atoms with Crippen LogP contribution < -0.4 is 0 Å². The van der Waals surface area contributed by atoms with Crippen molar-refractivity contribution in [1.29, 1.82) is 0 Å². The Morgan fingerprint density at radius 3 is 2.85 bits per heavy atom. The monoisotopic (exact) mass is 395 g/mol. The number of aliphatic hydroxyl groups is 1. The van der Waals surface area contributed by atoms with Crippen LogP contribution in [0, 0.1) is 5.92 Å². The largest absolute Gasteiger partial charge is 0.396 e. The molecule has 1 aliphatic rings. The smallest absolute Gasteiger partial charge is 0.262 e. The third kappa shape index (κ3) is 2.71. The van der Waals surface area contributed by atoms with Gasteiger partial charge >= 0.3 is 0 Å². The van der Waals surface area contributed by atoms with Crippen molar-refractivity contribution in [3.05, 3.63) is 47.5 Å². The molecule has 138 valence electrons. The first kappa shape index (κ1) is 17.5. The maximum Gasteiger partial charge on any atom is 0.262 e. The van der Waals surface area contributed by atoms with E-state index >= 15 is 0 Å². The van der Waals surface area contributed by atoms with E-state index in [1.54, 1.807) is 42.3 Å². The van der Waals surface area contributed by atoms with Gasteiger partial charge in [-0.3, -0.25) is 9.08 Å². The quantitative estimate of drug-likeness (QED) is 0.714. The molecule has 0 unspecified atom stereocenters. The number of aliphatic hydroxyl groups excluding tert-OH is 1. The number of aryl methyl sites for hydroxylation is 1. The van der Waals surface area contributed by atoms with Crippen molar-refractivity contribution in [2.75, 3.05) is 19.7 Å². The third-order valence-corrected chi connectivity index (χ3v) is 7.06. The maximum atomic E-state index is 13.3. The van der Waals surface area contributed by atoms with E-state index in [4.69, 9.17) is 11.6 Å². The Balaban J connectivity index is 1.73. The highest BCUT2D eigenvalue weighted by Gasteiger charge is 2.42. The van der Waals surface area contributed by atoms with E-state index in [0.717, 1.165) is 5.56 Å². The zero-order valence-corrected chi connectivity index (χ0v) is 15.6. The second-order valence-electron chi connectivity index (χ2n) is 6.46. The van der Waals surface area contributed by atoms with E-state index in [0.29, 0.717) is 5.65 Å². The number of fused-ring (bicyclic) bond motifs is 1. The summed E-state index contributed by atoms with van der Waals surface area (Å²) in [6.07, 6.45) is 5.19. The van der Waals surface area contributed by atoms with Gasteiger partial charge in [0.1, 0.15) is 5.65 Å². The van der Waals surface area contributed by atoms with Gasteiger partial charge < -0.3 is 5.11 Å². The van der Waals surface area contributed by atoms with Crippen LogP contribution in [0.15, 0.2) is 41.8 Å². The average Bonchev–Trinajstić information content (AvgIpc) is 3.29. The van der Waals surface area contributed by atoms with Crippen molar-refractivity contribution in [1.82, 2.24) is 23.5 Å². The Morgan fingerprint density at radius 2 is 2.15 bits per heavy atom. The standard InChI is InChI=1S/C16H18ClN5O3S/c1-20-7-11(6-18-20)13-9-21(8-12(13)10-23)26(24,25)16-15(17)19-14-4-2-3-5-22(14)16/h2-7,12-13,23H,8-10H2,1H3/t12-,13-/m0/s1. The van der Waals surface area contributed by atoms with Gasteiger partial charge in [0, 0.05) is 51.0 Å². The van der Waals surface area contributed by atoms with Crippen LogP contribution in [-0.4, -0.2) is 56.7 Å². The molecule has 1 aliphatic heterocycles. The summed E-state index contributed by atoms with van der Waals surface area (Å²) < 4.78 is 31.0. The van der Waals surface area contributed by atoms with Crippen LogP contribution in [0.25, 0.3) is 5.65 Å². The molecule has 0 amide bonds. The lowest BCUT2D eigenvalue weighted by molar-refractivity contribution is 0.223. The summed E-state index contributed by atoms with van der Waals surface area (Å²) in [5.41, 5.74) is 1.38. The van der Waals surface area contributed by atoms with E-state index in [9.17, 15) is 13.5 Å². The first-order valence-electron chi connectivity index (χ1n) is 8.14. The molecule has 1 saturated heterocycles. The zero-order valence-electron chi connectivity index (χ0n) is 14.0. The summed E-state index contributed by atoms with van der Waals surface area (Å²) in [5, 5.41) is 13.8. The van der Waals surface area contributed by atoms with Crippen molar-refractivity contribution < 1.29 is 13.5 Å². The van der Waals surface area contributed by atoms with E-state index in [2.05, 4.69) is 10.1 Å². The molecule has 8 nitrogen and oxygen atoms in total. The molecule has 4 heterocycles. The molecule has 2 atom stereocenters. The summed E-state index contributed by atoms with van der Waals surface area (Å²) in [7, 11) is -2.06. The van der Waals surface area contributed by atoms with E-state index in [-0.39, 0.29) is 41.7 Å². The van der Waals surface area contributed by atoms with Gasteiger partial charge in [0.25, 0.3) is 10.0 Å². The number of hydrogen-bond acceptors (Lipinski definition) is 5. The molecule has 0 saturated carbocycles. The highest BCUT2D eigenvalue weighted by atomic mass is 35.5. The van der Waals surface area contributed by atoms with Gasteiger partial charge in [0.2, 0.25) is 0 Å². The number of sulfonamides is 1. The molecule has 4 rings (SSSR count). The van der Waals surface area contributed by atoms with Crippen molar-refractivity contribution >= 4 is 27.3 Å². The molecule has 26 heavy (non-hydrogen) atoms. The van der Waals surface area contributed by atoms with Gasteiger partial charge in [-0.05, 0) is 17.7 Å². The van der Waals surface area contributed by atoms with Crippen molar-refractivity contribution in [3.8, 4) is 0 Å². The Morgan fingerprint density at radius 1 is 1.35 bits per heavy atom. The normalized spacial score (nSPS) is 21.7. The Kier molecular flexibility index (Phi) is 4.26. The number of halogens is 1. The molecule has 0 aromatic carbocycles. The van der Waals surface area contributed by atoms with Crippen LogP contribution in [0.1, 0.15) is 11.5 Å². The highest BCUT2D eigenvalue weighted by Crippen LogP contribution is 2.36. The Hall–Kier alpha value is -1.94. The molecule has 0 radical (unpaired) electrons. The van der Waals surface area contributed by atoms with E-state index in [1.165, 1.54) is 8.71 Å². The van der Waals surface area contributed by atoms with Gasteiger partial charge in [0.05, 0.1) is 6.20 Å². The van der Waals surface area contributed by atoms with E-state index < -0.39 is 10.0 Å². The lowest BCUT2D eigenvalue weighted by Gasteiger charge is -2.16. The molecule has 1 fully saturated rings. The fourth-order valence-electron chi connectivity index (χ4n) is 3.52. The van der Waals surface area contributed by atoms with Crippen molar-refractivity contribution in [3.63, 3.8) is 0 Å². The minimum absolute atomic E-state index is 0.0432. The van der Waals surface area contributed by atoms with Crippen LogP contribution in [0.4, 0.5) is 0 Å². The second-order valence-corrected chi connectivity index (χ2v) is 8.67. The molecular formula is C16H18ClN5O3S. The van der Waals surface area contributed by atoms with Crippen LogP contribution in [-0.2, 0) is 17.1 Å². The number of nitrogens with zero attached hydrogens (tertiary/aromatic N) is 5. The summed E-state index contributed by atoms with van der Waals surface area (Å²) in [5.74, 6) is -0.326. The average molecular weight is 396 g/mol. The third-order valence-electron chi connectivity index (χ3n) is 4.83. The number of imidazole rings is 1. The van der Waals surface area contributed by atoms with Crippen LogP contribution >= 0.6 is 11.6 Å². The predicted molar refractivity (Wildman–Crippen MR) is 95.5 cm³/mol. The van der Waals surface area contributed by atoms with Crippen LogP contribution in [0.5, 0.6) is 0 Å². The lowest BCUT2D eigenvalue weighted by atomic mass is 9.92. The Bertz CT molecular complexity index is 1060. The summed E-state index contributed by atoms with van der Waals surface area (Å²) in [6, 6.07) is 5.19. The van der Waals surface area contributed by atoms with Crippen LogP contribution in [0.3, 0.4) is 0 Å². The highest BCUT2D eigenvalue weighted by molar-refractivity contribution is 7.89. The molecular weight excluding hydrogens is 378 g/mol. The number of aromatic nitrogens is 4. The summed E-state index contributed by atoms with van der Waals surface area (Å²) in [6.45, 7) is 0.372. The molecule has 0 aliphatic carbocycles. The van der Waals surface area contributed by atoms with Gasteiger partial charge in [-0.2, -0.15) is 9.40 Å². The molecule has 0 spiro atoms. The summed E-state index contributed by atoms with van der Waals surface area (Å²) >= 11 is 6.16. The predicted octanol–water partition coefficient (Wildman–Crippen LogP) is 1.12. The number of pyridine rings is 1. The van der Waals surface area contributed by atoms with Crippen LogP contribution in [0.2, 0.25) is 5.15 Å². The number of hydrogen-bond donors (Lipinski definition) is 1. The molecule has 0 bridgehead atoms.